The Morgan fingerprint density at radius 1 is 0.870 bits per heavy atom. The van der Waals surface area contributed by atoms with E-state index in [0.717, 1.165) is 17.9 Å². The highest BCUT2D eigenvalue weighted by Crippen LogP contribution is 2.11. The summed E-state index contributed by atoms with van der Waals surface area (Å²) < 4.78 is 5.07. The molecule has 4 atom stereocenters. The Morgan fingerprint density at radius 2 is 1.52 bits per heavy atom. The van der Waals surface area contributed by atoms with Crippen molar-refractivity contribution < 1.29 is 30.3 Å². The van der Waals surface area contributed by atoms with Crippen molar-refractivity contribution in [2.45, 2.75) is 76.5 Å². The quantitative estimate of drug-likeness (QED) is 0.207. The summed E-state index contributed by atoms with van der Waals surface area (Å²) in [6.07, 6.45) is 1.05. The van der Waals surface area contributed by atoms with E-state index in [1.165, 1.54) is 32.1 Å². The van der Waals surface area contributed by atoms with Crippen LogP contribution in [0, 0.1) is 0 Å². The zero-order chi connectivity index (χ0) is 17.5. The van der Waals surface area contributed by atoms with Crippen molar-refractivity contribution in [1.29, 1.82) is 0 Å². The summed E-state index contributed by atoms with van der Waals surface area (Å²) in [5, 5.41) is 47.0. The first-order chi connectivity index (χ1) is 11.0. The lowest BCUT2D eigenvalue weighted by molar-refractivity contribution is -0.202. The summed E-state index contributed by atoms with van der Waals surface area (Å²) in [4.78, 5) is 0. The van der Waals surface area contributed by atoms with Gasteiger partial charge in [0.15, 0.2) is 6.29 Å². The molecule has 0 saturated carbocycles. The molecule has 140 valence electrons. The predicted octanol–water partition coefficient (Wildman–Crippen LogP) is 0.880. The van der Waals surface area contributed by atoms with Gasteiger partial charge in [-0.3, -0.25) is 0 Å². The number of unbranched alkanes of at least 4 members (excludes halogenated alkanes) is 4. The summed E-state index contributed by atoms with van der Waals surface area (Å²) in [6, 6.07) is 0. The number of aliphatic hydroxyl groups is 5. The molecule has 7 heteroatoms. The molecule has 0 radical (unpaired) electrons. The van der Waals surface area contributed by atoms with Gasteiger partial charge in [0, 0.05) is 6.61 Å². The second-order valence-electron chi connectivity index (χ2n) is 5.70. The van der Waals surface area contributed by atoms with Crippen LogP contribution >= 0.6 is 11.8 Å². The van der Waals surface area contributed by atoms with Crippen LogP contribution in [-0.2, 0) is 4.74 Å². The second kappa shape index (κ2) is 15.6. The van der Waals surface area contributed by atoms with Crippen molar-refractivity contribution >= 4 is 11.8 Å². The van der Waals surface area contributed by atoms with Crippen molar-refractivity contribution in [3.05, 3.63) is 0 Å². The largest absolute Gasteiger partial charge is 0.396 e. The average molecular weight is 355 g/mol. The Morgan fingerprint density at radius 3 is 2.17 bits per heavy atom. The van der Waals surface area contributed by atoms with E-state index in [0.29, 0.717) is 0 Å². The molecule has 0 aliphatic carbocycles. The molecular formula is C16H34O6S. The van der Waals surface area contributed by atoms with Gasteiger partial charge in [0.05, 0.1) is 12.7 Å². The minimum atomic E-state index is -1.59. The van der Waals surface area contributed by atoms with Gasteiger partial charge in [-0.25, -0.2) is 0 Å². The van der Waals surface area contributed by atoms with Gasteiger partial charge in [0.1, 0.15) is 12.2 Å². The number of aliphatic hydroxyl groups excluding tert-OH is 5. The molecule has 0 heterocycles. The van der Waals surface area contributed by atoms with Gasteiger partial charge in [0.2, 0.25) is 0 Å². The van der Waals surface area contributed by atoms with Gasteiger partial charge in [-0.1, -0.05) is 32.6 Å². The molecule has 0 aliphatic heterocycles. The van der Waals surface area contributed by atoms with Crippen molar-refractivity contribution in [3.8, 4) is 0 Å². The lowest BCUT2D eigenvalue weighted by Gasteiger charge is -2.26. The molecule has 23 heavy (non-hydrogen) atoms. The Hall–Kier alpha value is 0.110. The first kappa shape index (κ1) is 23.1. The van der Waals surface area contributed by atoms with Gasteiger partial charge < -0.3 is 30.3 Å². The topological polar surface area (TPSA) is 110 Å². The fourth-order valence-corrected chi connectivity index (χ4v) is 3.01. The van der Waals surface area contributed by atoms with E-state index in [9.17, 15) is 20.4 Å². The maximum absolute atomic E-state index is 9.65. The first-order valence-corrected chi connectivity index (χ1v) is 9.72. The lowest BCUT2D eigenvalue weighted by atomic mass is 10.1. The molecular weight excluding hydrogens is 320 g/mol. The van der Waals surface area contributed by atoms with Gasteiger partial charge in [0.25, 0.3) is 0 Å². The Labute approximate surface area is 143 Å². The van der Waals surface area contributed by atoms with Crippen molar-refractivity contribution in [2.24, 2.45) is 0 Å². The third-order valence-electron chi connectivity index (χ3n) is 3.58. The Bertz CT molecular complexity index is 257. The fourth-order valence-electron chi connectivity index (χ4n) is 2.07. The summed E-state index contributed by atoms with van der Waals surface area (Å²) in [6.45, 7) is 2.17. The SMILES string of the molecule is CCCCCCCSCCCO[C@H](O)[C@@H](O)C(O)[C@@H](O)CCO. The maximum atomic E-state index is 9.65. The van der Waals surface area contributed by atoms with Crippen LogP contribution in [0.25, 0.3) is 0 Å². The van der Waals surface area contributed by atoms with E-state index in [-0.39, 0.29) is 19.6 Å². The minimum Gasteiger partial charge on any atom is -0.396 e. The van der Waals surface area contributed by atoms with Gasteiger partial charge >= 0.3 is 0 Å². The average Bonchev–Trinajstić information content (AvgIpc) is 2.55. The number of hydrogen-bond acceptors (Lipinski definition) is 7. The van der Waals surface area contributed by atoms with Gasteiger partial charge in [-0.15, -0.1) is 0 Å². The molecule has 0 aromatic rings. The molecule has 0 amide bonds. The second-order valence-corrected chi connectivity index (χ2v) is 6.93. The van der Waals surface area contributed by atoms with Crippen molar-refractivity contribution in [3.63, 3.8) is 0 Å². The molecule has 0 spiro atoms. The normalized spacial score (nSPS) is 17.0. The Kier molecular flexibility index (Phi) is 15.7. The molecule has 1 unspecified atom stereocenters. The van der Waals surface area contributed by atoms with E-state index >= 15 is 0 Å². The summed E-state index contributed by atoms with van der Waals surface area (Å²) >= 11 is 1.85. The number of thioether (sulfide) groups is 1. The summed E-state index contributed by atoms with van der Waals surface area (Å²) in [5.74, 6) is 2.05. The van der Waals surface area contributed by atoms with Crippen molar-refractivity contribution in [2.75, 3.05) is 24.7 Å². The third kappa shape index (κ3) is 12.2. The van der Waals surface area contributed by atoms with Crippen LogP contribution in [0.15, 0.2) is 0 Å². The zero-order valence-corrected chi connectivity index (χ0v) is 15.0. The fraction of sp³-hybridized carbons (Fsp3) is 1.00. The van der Waals surface area contributed by atoms with Crippen LogP contribution in [0.2, 0.25) is 0 Å². The highest BCUT2D eigenvalue weighted by molar-refractivity contribution is 7.99. The minimum absolute atomic E-state index is 0.0696. The number of ether oxygens (including phenoxy) is 1. The first-order valence-electron chi connectivity index (χ1n) is 8.57. The smallest absolute Gasteiger partial charge is 0.183 e. The predicted molar refractivity (Wildman–Crippen MR) is 92.4 cm³/mol. The van der Waals surface area contributed by atoms with E-state index in [1.807, 2.05) is 11.8 Å². The molecule has 6 nitrogen and oxygen atoms in total. The molecule has 0 aliphatic rings. The van der Waals surface area contributed by atoms with Crippen LogP contribution < -0.4 is 0 Å². The van der Waals surface area contributed by atoms with Gasteiger partial charge in [-0.05, 0) is 30.8 Å². The Balaban J connectivity index is 3.56. The molecule has 0 aromatic carbocycles. The van der Waals surface area contributed by atoms with E-state index in [4.69, 9.17) is 9.84 Å². The third-order valence-corrected chi connectivity index (χ3v) is 4.73. The molecule has 0 saturated heterocycles. The summed E-state index contributed by atoms with van der Waals surface area (Å²) in [7, 11) is 0. The van der Waals surface area contributed by atoms with Crippen LogP contribution in [0.1, 0.15) is 51.9 Å². The van der Waals surface area contributed by atoms with Crippen LogP contribution in [0.5, 0.6) is 0 Å². The highest BCUT2D eigenvalue weighted by atomic mass is 32.2. The zero-order valence-electron chi connectivity index (χ0n) is 14.1. The summed E-state index contributed by atoms with van der Waals surface area (Å²) in [5.41, 5.74) is 0. The van der Waals surface area contributed by atoms with Crippen LogP contribution in [0.4, 0.5) is 0 Å². The number of rotatable bonds is 16. The standard InChI is InChI=1S/C16H34O6S/c1-2-3-4-5-6-11-23-12-7-10-22-16(21)15(20)14(19)13(18)8-9-17/h13-21H,2-12H2,1H3/t13-,14?,15-,16-/m0/s1. The van der Waals surface area contributed by atoms with E-state index in [2.05, 4.69) is 6.92 Å². The van der Waals surface area contributed by atoms with Crippen molar-refractivity contribution in [1.82, 2.24) is 0 Å². The molecule has 0 fully saturated rings. The molecule has 0 bridgehead atoms. The lowest BCUT2D eigenvalue weighted by Crippen LogP contribution is -2.45. The van der Waals surface area contributed by atoms with Crippen LogP contribution in [0.3, 0.4) is 0 Å². The molecule has 0 rings (SSSR count). The van der Waals surface area contributed by atoms with E-state index in [1.54, 1.807) is 0 Å². The monoisotopic (exact) mass is 354 g/mol. The van der Waals surface area contributed by atoms with Crippen LogP contribution in [-0.4, -0.2) is 74.9 Å². The van der Waals surface area contributed by atoms with Gasteiger partial charge in [-0.2, -0.15) is 11.8 Å². The highest BCUT2D eigenvalue weighted by Gasteiger charge is 2.30. The maximum Gasteiger partial charge on any atom is 0.183 e. The molecule has 5 N–H and O–H groups in total. The number of hydrogen-bond donors (Lipinski definition) is 5. The molecule has 0 aromatic heterocycles. The van der Waals surface area contributed by atoms with E-state index < -0.39 is 24.6 Å².